The van der Waals surface area contributed by atoms with Crippen LogP contribution in [0.3, 0.4) is 0 Å². The molecule has 0 aromatic carbocycles. The van der Waals surface area contributed by atoms with E-state index in [1.165, 1.54) is 6.42 Å². The molecule has 0 saturated carbocycles. The monoisotopic (exact) mass is 275 g/mol. The van der Waals surface area contributed by atoms with Gasteiger partial charge in [-0.15, -0.1) is 0 Å². The van der Waals surface area contributed by atoms with Crippen LogP contribution in [0.25, 0.3) is 0 Å². The van der Waals surface area contributed by atoms with Gasteiger partial charge in [-0.25, -0.2) is 4.98 Å². The molecule has 1 saturated heterocycles. The van der Waals surface area contributed by atoms with Crippen molar-refractivity contribution in [2.24, 2.45) is 16.6 Å². The molecule has 2 rings (SSSR count). The molecule has 20 heavy (non-hydrogen) atoms. The average Bonchev–Trinajstić information content (AvgIpc) is 2.46. The Balaban J connectivity index is 1.84. The van der Waals surface area contributed by atoms with Gasteiger partial charge < -0.3 is 16.0 Å². The topological polar surface area (TPSA) is 103 Å². The van der Waals surface area contributed by atoms with Crippen LogP contribution in [0, 0.1) is 11.3 Å². The predicted octanol–water partition coefficient (Wildman–Crippen LogP) is 0.912. The number of anilines is 1. The van der Waals surface area contributed by atoms with Crippen LogP contribution in [0.1, 0.15) is 19.8 Å². The summed E-state index contributed by atoms with van der Waals surface area (Å²) in [5.74, 6) is 1.87. The van der Waals surface area contributed by atoms with Crippen molar-refractivity contribution in [3.05, 3.63) is 18.6 Å². The van der Waals surface area contributed by atoms with Gasteiger partial charge in [-0.05, 0) is 18.8 Å². The maximum atomic E-state index is 7.99. The van der Waals surface area contributed by atoms with Crippen molar-refractivity contribution in [3.8, 4) is 0 Å². The van der Waals surface area contributed by atoms with Crippen molar-refractivity contribution in [2.45, 2.75) is 19.8 Å². The number of hydrogen-bond donors (Lipinski definition) is 3. The summed E-state index contributed by atoms with van der Waals surface area (Å²) in [4.78, 5) is 14.1. The van der Waals surface area contributed by atoms with Gasteiger partial charge in [0.25, 0.3) is 0 Å². The Morgan fingerprint density at radius 2 is 2.45 bits per heavy atom. The Morgan fingerprint density at radius 3 is 3.15 bits per heavy atom. The van der Waals surface area contributed by atoms with Crippen molar-refractivity contribution in [1.82, 2.24) is 14.9 Å². The van der Waals surface area contributed by atoms with Crippen LogP contribution < -0.4 is 11.1 Å². The van der Waals surface area contributed by atoms with E-state index in [0.29, 0.717) is 24.1 Å². The normalized spacial score (nSPS) is 19.8. The molecular formula is C13H21N7. The first-order chi connectivity index (χ1) is 9.65. The number of rotatable bonds is 3. The van der Waals surface area contributed by atoms with Crippen molar-refractivity contribution in [3.63, 3.8) is 0 Å². The van der Waals surface area contributed by atoms with E-state index in [4.69, 9.17) is 11.1 Å². The minimum atomic E-state index is 0.245. The van der Waals surface area contributed by atoms with Crippen LogP contribution in [0.5, 0.6) is 0 Å². The van der Waals surface area contributed by atoms with E-state index in [1.54, 1.807) is 18.6 Å². The van der Waals surface area contributed by atoms with Crippen LogP contribution in [0.4, 0.5) is 5.82 Å². The molecule has 7 heteroatoms. The average molecular weight is 275 g/mol. The summed E-state index contributed by atoms with van der Waals surface area (Å²) in [6.45, 7) is 4.32. The maximum Gasteiger partial charge on any atom is 0.219 e. The molecule has 2 heterocycles. The number of nitrogens with zero attached hydrogens (tertiary/aromatic N) is 4. The first-order valence-electron chi connectivity index (χ1n) is 6.81. The lowest BCUT2D eigenvalue weighted by Gasteiger charge is -2.31. The Morgan fingerprint density at radius 1 is 1.60 bits per heavy atom. The molecular weight excluding hydrogens is 254 g/mol. The van der Waals surface area contributed by atoms with E-state index in [-0.39, 0.29) is 5.96 Å². The molecule has 7 nitrogen and oxygen atoms in total. The zero-order valence-electron chi connectivity index (χ0n) is 11.7. The highest BCUT2D eigenvalue weighted by molar-refractivity contribution is 5.95. The van der Waals surface area contributed by atoms with Gasteiger partial charge >= 0.3 is 0 Å². The van der Waals surface area contributed by atoms with E-state index in [0.717, 1.165) is 19.5 Å². The Labute approximate surface area is 118 Å². The highest BCUT2D eigenvalue weighted by atomic mass is 15.3. The highest BCUT2D eigenvalue weighted by Crippen LogP contribution is 2.15. The lowest BCUT2D eigenvalue weighted by molar-refractivity contribution is 0.270. The number of hydrogen-bond acceptors (Lipinski definition) is 4. The molecule has 1 aliphatic heterocycles. The third kappa shape index (κ3) is 4.18. The molecule has 1 aliphatic rings. The molecule has 0 spiro atoms. The molecule has 108 valence electrons. The van der Waals surface area contributed by atoms with E-state index >= 15 is 0 Å². The summed E-state index contributed by atoms with van der Waals surface area (Å²) >= 11 is 0. The second-order valence-corrected chi connectivity index (χ2v) is 5.06. The Hall–Kier alpha value is -2.18. The second-order valence-electron chi connectivity index (χ2n) is 5.06. The third-order valence-electron chi connectivity index (χ3n) is 3.22. The first kappa shape index (κ1) is 14.2. The van der Waals surface area contributed by atoms with Crippen molar-refractivity contribution in [1.29, 1.82) is 5.41 Å². The van der Waals surface area contributed by atoms with Crippen LogP contribution in [0.15, 0.2) is 23.6 Å². The lowest BCUT2D eigenvalue weighted by Crippen LogP contribution is -2.39. The zero-order valence-corrected chi connectivity index (χ0v) is 11.7. The number of nitrogens with two attached hydrogens (primary N) is 1. The number of piperidine rings is 1. The summed E-state index contributed by atoms with van der Waals surface area (Å²) in [6.07, 6.45) is 7.15. The van der Waals surface area contributed by atoms with Crippen LogP contribution in [-0.4, -0.2) is 46.3 Å². The maximum absolute atomic E-state index is 7.99. The molecule has 0 bridgehead atoms. The van der Waals surface area contributed by atoms with Crippen molar-refractivity contribution < 1.29 is 0 Å². The molecule has 1 unspecified atom stereocenters. The summed E-state index contributed by atoms with van der Waals surface area (Å²) in [5, 5.41) is 11.0. The lowest BCUT2D eigenvalue weighted by atomic mass is 10.0. The molecule has 1 atom stereocenters. The molecule has 0 aliphatic carbocycles. The van der Waals surface area contributed by atoms with Gasteiger partial charge in [0.2, 0.25) is 5.96 Å². The first-order valence-corrected chi connectivity index (χ1v) is 6.81. The number of likely N-dealkylation sites (tertiary alicyclic amines) is 1. The Bertz CT molecular complexity index is 471. The van der Waals surface area contributed by atoms with Crippen LogP contribution in [0.2, 0.25) is 0 Å². The van der Waals surface area contributed by atoms with Gasteiger partial charge in [0.1, 0.15) is 11.7 Å². The second kappa shape index (κ2) is 6.83. The van der Waals surface area contributed by atoms with Gasteiger partial charge in [-0.3, -0.25) is 10.4 Å². The summed E-state index contributed by atoms with van der Waals surface area (Å²) in [5.41, 5.74) is 5.84. The van der Waals surface area contributed by atoms with Gasteiger partial charge in [0.05, 0.1) is 12.7 Å². The number of nitrogens with one attached hydrogen (secondary N) is 2. The minimum Gasteiger partial charge on any atom is -0.386 e. The molecule has 0 radical (unpaired) electrons. The number of amidine groups is 1. The van der Waals surface area contributed by atoms with Gasteiger partial charge in [-0.2, -0.15) is 4.99 Å². The molecule has 1 aromatic rings. The summed E-state index contributed by atoms with van der Waals surface area (Å²) < 4.78 is 0. The molecule has 4 N–H and O–H groups in total. The van der Waals surface area contributed by atoms with Crippen molar-refractivity contribution >= 4 is 17.6 Å². The largest absolute Gasteiger partial charge is 0.386 e. The standard InChI is InChI=1S/C13H21N7/c1-10-3-2-6-20(9-10)13(15)19-11(14)7-18-12-8-16-4-5-17-12/h4-5,8,10H,2-3,6-7,9H2,1H3,(H,17,18)(H3,14,15,19). The highest BCUT2D eigenvalue weighted by Gasteiger charge is 2.18. The van der Waals surface area contributed by atoms with E-state index in [1.807, 2.05) is 4.90 Å². The molecule has 0 amide bonds. The number of aliphatic imine (C=N–C) groups is 1. The SMILES string of the molecule is CC1CCCN(C(=N)N=C(N)CNc2cnccn2)C1. The quantitative estimate of drug-likeness (QED) is 0.562. The van der Waals surface area contributed by atoms with Gasteiger partial charge in [-0.1, -0.05) is 6.92 Å². The number of guanidine groups is 1. The predicted molar refractivity (Wildman–Crippen MR) is 79.8 cm³/mol. The van der Waals surface area contributed by atoms with E-state index in [9.17, 15) is 0 Å². The molecule has 1 fully saturated rings. The third-order valence-corrected chi connectivity index (χ3v) is 3.22. The smallest absolute Gasteiger partial charge is 0.219 e. The summed E-state index contributed by atoms with van der Waals surface area (Å²) in [6, 6.07) is 0. The van der Waals surface area contributed by atoms with E-state index in [2.05, 4.69) is 27.2 Å². The molecule has 1 aromatic heterocycles. The fourth-order valence-corrected chi connectivity index (χ4v) is 2.20. The van der Waals surface area contributed by atoms with Gasteiger partial charge in [0, 0.05) is 25.5 Å². The van der Waals surface area contributed by atoms with Crippen LogP contribution >= 0.6 is 0 Å². The van der Waals surface area contributed by atoms with Crippen LogP contribution in [-0.2, 0) is 0 Å². The zero-order chi connectivity index (χ0) is 14.4. The minimum absolute atomic E-state index is 0.245. The Kier molecular flexibility index (Phi) is 4.86. The van der Waals surface area contributed by atoms with E-state index < -0.39 is 0 Å². The summed E-state index contributed by atoms with van der Waals surface area (Å²) in [7, 11) is 0. The van der Waals surface area contributed by atoms with Crippen molar-refractivity contribution in [2.75, 3.05) is 25.0 Å². The van der Waals surface area contributed by atoms with Gasteiger partial charge in [0.15, 0.2) is 0 Å². The number of aromatic nitrogens is 2. The fourth-order valence-electron chi connectivity index (χ4n) is 2.20. The fraction of sp³-hybridized carbons (Fsp3) is 0.538.